The molecule has 0 unspecified atom stereocenters. The Morgan fingerprint density at radius 2 is 1.65 bits per heavy atom. The van der Waals surface area contributed by atoms with Crippen LogP contribution in [0.2, 0.25) is 0 Å². The van der Waals surface area contributed by atoms with Crippen LogP contribution in [-0.4, -0.2) is 18.2 Å². The molecule has 1 aromatic carbocycles. The zero-order valence-corrected chi connectivity index (χ0v) is 12.1. The Labute approximate surface area is 120 Å². The van der Waals surface area contributed by atoms with Crippen molar-refractivity contribution in [1.82, 2.24) is 4.98 Å². The van der Waals surface area contributed by atoms with Gasteiger partial charge in [0.25, 0.3) is 0 Å². The lowest BCUT2D eigenvalue weighted by Gasteiger charge is -2.17. The highest BCUT2D eigenvalue weighted by Gasteiger charge is 2.10. The van der Waals surface area contributed by atoms with Gasteiger partial charge in [0.05, 0.1) is 0 Å². The van der Waals surface area contributed by atoms with Crippen molar-refractivity contribution >= 4 is 0 Å². The minimum absolute atomic E-state index is 0.266. The monoisotopic (exact) mass is 271 g/mol. The van der Waals surface area contributed by atoms with Crippen LogP contribution in [0.4, 0.5) is 0 Å². The Morgan fingerprint density at radius 3 is 2.20 bits per heavy atom. The fourth-order valence-electron chi connectivity index (χ4n) is 2.07. The van der Waals surface area contributed by atoms with E-state index < -0.39 is 0 Å². The average Bonchev–Trinajstić information content (AvgIpc) is 2.49. The van der Waals surface area contributed by atoms with Crippen LogP contribution in [0, 0.1) is 0 Å². The van der Waals surface area contributed by atoms with Crippen molar-refractivity contribution in [1.29, 1.82) is 0 Å². The van der Waals surface area contributed by atoms with Gasteiger partial charge in [-0.2, -0.15) is 0 Å². The first-order chi connectivity index (χ1) is 9.83. The Morgan fingerprint density at radius 1 is 0.950 bits per heavy atom. The molecule has 0 aliphatic rings. The molecule has 0 saturated carbocycles. The molecule has 0 amide bonds. The quantitative estimate of drug-likeness (QED) is 0.719. The van der Waals surface area contributed by atoms with Gasteiger partial charge in [-0.05, 0) is 37.5 Å². The second kappa shape index (κ2) is 7.78. The van der Waals surface area contributed by atoms with Crippen LogP contribution < -0.4 is 0 Å². The molecule has 0 radical (unpaired) electrons. The molecule has 0 bridgehead atoms. The van der Waals surface area contributed by atoms with E-state index in [9.17, 15) is 0 Å². The highest BCUT2D eigenvalue weighted by Crippen LogP contribution is 2.20. The van der Waals surface area contributed by atoms with Crippen molar-refractivity contribution in [2.45, 2.75) is 26.6 Å². The van der Waals surface area contributed by atoms with Gasteiger partial charge in [-0.15, -0.1) is 0 Å². The number of rotatable bonds is 7. The number of benzene rings is 1. The maximum Gasteiger partial charge on any atom is 0.183 e. The van der Waals surface area contributed by atoms with Gasteiger partial charge in [-0.1, -0.05) is 30.3 Å². The number of aromatic nitrogens is 1. The summed E-state index contributed by atoms with van der Waals surface area (Å²) in [4.78, 5) is 4.14. The Bertz CT molecular complexity index is 490. The number of ether oxygens (including phenoxy) is 2. The average molecular weight is 271 g/mol. The molecule has 0 saturated heterocycles. The number of pyridine rings is 1. The first kappa shape index (κ1) is 14.7. The van der Waals surface area contributed by atoms with Crippen LogP contribution in [0.3, 0.4) is 0 Å². The van der Waals surface area contributed by atoms with E-state index in [1.165, 1.54) is 11.1 Å². The highest BCUT2D eigenvalue weighted by molar-refractivity contribution is 5.28. The predicted octanol–water partition coefficient (Wildman–Crippen LogP) is 3.74. The van der Waals surface area contributed by atoms with Gasteiger partial charge in [-0.25, -0.2) is 0 Å². The molecular weight excluding hydrogens is 250 g/mol. The third kappa shape index (κ3) is 4.15. The molecule has 0 atom stereocenters. The summed E-state index contributed by atoms with van der Waals surface area (Å²) in [7, 11) is 0. The van der Waals surface area contributed by atoms with Crippen LogP contribution in [0.1, 0.15) is 36.8 Å². The zero-order chi connectivity index (χ0) is 14.2. The smallest absolute Gasteiger partial charge is 0.183 e. The first-order valence-corrected chi connectivity index (χ1v) is 7.04. The van der Waals surface area contributed by atoms with Crippen molar-refractivity contribution < 1.29 is 9.47 Å². The topological polar surface area (TPSA) is 31.4 Å². The molecule has 20 heavy (non-hydrogen) atoms. The molecular formula is C17H21NO2. The fraction of sp³-hybridized carbons (Fsp3) is 0.353. The molecule has 1 heterocycles. The molecule has 1 aromatic heterocycles. The van der Waals surface area contributed by atoms with Crippen molar-refractivity contribution in [3.8, 4) is 0 Å². The van der Waals surface area contributed by atoms with Crippen LogP contribution >= 0.6 is 0 Å². The molecule has 0 N–H and O–H groups in total. The SMILES string of the molecule is CCOC(OCC)c1ccc(Cc2cccnc2)cc1. The molecule has 2 aromatic rings. The van der Waals surface area contributed by atoms with Gasteiger partial charge in [0, 0.05) is 31.2 Å². The zero-order valence-electron chi connectivity index (χ0n) is 12.1. The summed E-state index contributed by atoms with van der Waals surface area (Å²) in [6.07, 6.45) is 4.32. The van der Waals surface area contributed by atoms with Gasteiger partial charge >= 0.3 is 0 Å². The maximum absolute atomic E-state index is 5.59. The minimum Gasteiger partial charge on any atom is -0.349 e. The van der Waals surface area contributed by atoms with Gasteiger partial charge < -0.3 is 9.47 Å². The van der Waals surface area contributed by atoms with Gasteiger partial charge in [0.2, 0.25) is 0 Å². The normalized spacial score (nSPS) is 10.9. The molecule has 0 aliphatic carbocycles. The minimum atomic E-state index is -0.266. The largest absolute Gasteiger partial charge is 0.349 e. The molecule has 0 fully saturated rings. The standard InChI is InChI=1S/C17H21NO2/c1-3-19-17(20-4-2)16-9-7-14(8-10-16)12-15-6-5-11-18-13-15/h5-11,13,17H,3-4,12H2,1-2H3. The van der Waals surface area contributed by atoms with Crippen molar-refractivity contribution in [2.24, 2.45) is 0 Å². The van der Waals surface area contributed by atoms with Crippen molar-refractivity contribution in [3.05, 3.63) is 65.5 Å². The van der Waals surface area contributed by atoms with Crippen LogP contribution in [0.25, 0.3) is 0 Å². The molecule has 3 heteroatoms. The summed E-state index contributed by atoms with van der Waals surface area (Å²) < 4.78 is 11.2. The summed E-state index contributed by atoms with van der Waals surface area (Å²) in [5.74, 6) is 0. The summed E-state index contributed by atoms with van der Waals surface area (Å²) >= 11 is 0. The Kier molecular flexibility index (Phi) is 5.71. The lowest BCUT2D eigenvalue weighted by atomic mass is 10.0. The molecule has 3 nitrogen and oxygen atoms in total. The van der Waals surface area contributed by atoms with Crippen LogP contribution in [0.15, 0.2) is 48.8 Å². The van der Waals surface area contributed by atoms with E-state index in [-0.39, 0.29) is 6.29 Å². The number of hydrogen-bond donors (Lipinski definition) is 0. The predicted molar refractivity (Wildman–Crippen MR) is 79.5 cm³/mol. The second-order valence-corrected chi connectivity index (χ2v) is 4.52. The summed E-state index contributed by atoms with van der Waals surface area (Å²) in [6, 6.07) is 12.4. The fourth-order valence-corrected chi connectivity index (χ4v) is 2.07. The second-order valence-electron chi connectivity index (χ2n) is 4.52. The van der Waals surface area contributed by atoms with E-state index in [2.05, 4.69) is 35.3 Å². The van der Waals surface area contributed by atoms with Crippen LogP contribution in [0.5, 0.6) is 0 Å². The van der Waals surface area contributed by atoms with E-state index in [1.54, 1.807) is 6.20 Å². The van der Waals surface area contributed by atoms with Gasteiger partial charge in [0.1, 0.15) is 0 Å². The molecule has 2 rings (SSSR count). The lowest BCUT2D eigenvalue weighted by molar-refractivity contribution is -0.140. The molecule has 0 spiro atoms. The van der Waals surface area contributed by atoms with E-state index in [1.807, 2.05) is 26.1 Å². The van der Waals surface area contributed by atoms with E-state index in [0.717, 1.165) is 12.0 Å². The summed E-state index contributed by atoms with van der Waals surface area (Å²) in [6.45, 7) is 5.23. The third-order valence-corrected chi connectivity index (χ3v) is 3.02. The molecule has 106 valence electrons. The number of hydrogen-bond acceptors (Lipinski definition) is 3. The Hall–Kier alpha value is -1.71. The van der Waals surface area contributed by atoms with E-state index in [0.29, 0.717) is 13.2 Å². The lowest BCUT2D eigenvalue weighted by Crippen LogP contribution is -2.08. The highest BCUT2D eigenvalue weighted by atomic mass is 16.7. The van der Waals surface area contributed by atoms with Crippen molar-refractivity contribution in [2.75, 3.05) is 13.2 Å². The maximum atomic E-state index is 5.59. The first-order valence-electron chi connectivity index (χ1n) is 7.04. The summed E-state index contributed by atoms with van der Waals surface area (Å²) in [5, 5.41) is 0. The van der Waals surface area contributed by atoms with E-state index in [4.69, 9.17) is 9.47 Å². The van der Waals surface area contributed by atoms with Gasteiger partial charge in [0.15, 0.2) is 6.29 Å². The van der Waals surface area contributed by atoms with E-state index >= 15 is 0 Å². The summed E-state index contributed by atoms with van der Waals surface area (Å²) in [5.41, 5.74) is 3.53. The van der Waals surface area contributed by atoms with Crippen LogP contribution in [-0.2, 0) is 15.9 Å². The third-order valence-electron chi connectivity index (χ3n) is 3.02. The van der Waals surface area contributed by atoms with Crippen molar-refractivity contribution in [3.63, 3.8) is 0 Å². The Balaban J connectivity index is 2.05. The number of nitrogens with zero attached hydrogens (tertiary/aromatic N) is 1. The molecule has 0 aliphatic heterocycles. The van der Waals surface area contributed by atoms with Gasteiger partial charge in [-0.3, -0.25) is 4.98 Å².